The number of rotatable bonds is 1. The molecular weight excluding hydrogens is 302 g/mol. The summed E-state index contributed by atoms with van der Waals surface area (Å²) in [4.78, 5) is 0. The van der Waals surface area contributed by atoms with E-state index in [4.69, 9.17) is 14.2 Å². The molecule has 0 saturated heterocycles. The van der Waals surface area contributed by atoms with Gasteiger partial charge in [0.1, 0.15) is 13.2 Å². The van der Waals surface area contributed by atoms with Gasteiger partial charge in [-0.15, -0.1) is 0 Å². The maximum absolute atomic E-state index is 10.1. The molecule has 6 heteroatoms. The summed E-state index contributed by atoms with van der Waals surface area (Å²) in [6.45, 7) is 0.760. The molecule has 2 heterocycles. The third kappa shape index (κ3) is 1.85. The first-order valence-electron chi connectivity index (χ1n) is 5.44. The average molecular weight is 316 g/mol. The van der Waals surface area contributed by atoms with Gasteiger partial charge in [-0.2, -0.15) is 0 Å². The van der Waals surface area contributed by atoms with Gasteiger partial charge in [-0.3, -0.25) is 0 Å². The van der Waals surface area contributed by atoms with E-state index in [1.807, 2.05) is 23.9 Å². The van der Waals surface area contributed by atoms with Crippen LogP contribution in [0.4, 0.5) is 0 Å². The summed E-state index contributed by atoms with van der Waals surface area (Å²) in [5.41, 5.74) is 1.68. The lowest BCUT2D eigenvalue weighted by atomic mass is 9.98. The molecule has 2 aliphatic rings. The van der Waals surface area contributed by atoms with Gasteiger partial charge >= 0.3 is 0 Å². The third-order valence-corrected chi connectivity index (χ3v) is 3.06. The Balaban J connectivity index is 0.00000120. The van der Waals surface area contributed by atoms with E-state index in [1.54, 1.807) is 7.11 Å². The van der Waals surface area contributed by atoms with E-state index >= 15 is 0 Å². The molecule has 18 heavy (non-hydrogen) atoms. The summed E-state index contributed by atoms with van der Waals surface area (Å²) >= 11 is 0. The molecule has 0 radical (unpaired) electrons. The molecule has 0 aromatic heterocycles. The van der Waals surface area contributed by atoms with Crippen molar-refractivity contribution in [3.05, 3.63) is 17.2 Å². The summed E-state index contributed by atoms with van der Waals surface area (Å²) < 4.78 is 18.0. The predicted octanol–water partition coefficient (Wildman–Crippen LogP) is -2.46. The molecule has 1 aromatic rings. The number of fused-ring (bicyclic) bond motifs is 2. The van der Waals surface area contributed by atoms with E-state index in [0.29, 0.717) is 23.8 Å². The zero-order valence-corrected chi connectivity index (χ0v) is 11.7. The molecule has 1 aromatic carbocycles. The van der Waals surface area contributed by atoms with Gasteiger partial charge in [0, 0.05) is 5.56 Å². The van der Waals surface area contributed by atoms with Crippen molar-refractivity contribution in [1.82, 2.24) is 0 Å². The zero-order valence-electron chi connectivity index (χ0n) is 10.1. The van der Waals surface area contributed by atoms with E-state index < -0.39 is 6.10 Å². The van der Waals surface area contributed by atoms with E-state index in [9.17, 15) is 5.11 Å². The first-order chi connectivity index (χ1) is 8.20. The highest BCUT2D eigenvalue weighted by Crippen LogP contribution is 2.46. The van der Waals surface area contributed by atoms with Gasteiger partial charge in [0.2, 0.25) is 12.5 Å². The molecular formula is C12H14BrNO4. The molecule has 0 bridgehead atoms. The van der Waals surface area contributed by atoms with Gasteiger partial charge < -0.3 is 36.3 Å². The Morgan fingerprint density at radius 3 is 2.94 bits per heavy atom. The van der Waals surface area contributed by atoms with Crippen LogP contribution in [0, 0.1) is 0 Å². The van der Waals surface area contributed by atoms with Crippen molar-refractivity contribution in [3.8, 4) is 17.2 Å². The fourth-order valence-corrected chi connectivity index (χ4v) is 2.30. The molecule has 0 aliphatic carbocycles. The monoisotopic (exact) mass is 315 g/mol. The normalized spacial score (nSPS) is 19.7. The van der Waals surface area contributed by atoms with E-state index in [2.05, 4.69) is 0 Å². The van der Waals surface area contributed by atoms with Crippen LogP contribution in [-0.4, -0.2) is 43.4 Å². The number of nitrogens with zero attached hydrogens (tertiary/aromatic N) is 1. The van der Waals surface area contributed by atoms with Gasteiger partial charge in [-0.1, -0.05) is 0 Å². The zero-order chi connectivity index (χ0) is 12.0. The fraction of sp³-hybridized carbons (Fsp3) is 0.417. The largest absolute Gasteiger partial charge is 1.00 e. The Kier molecular flexibility index (Phi) is 3.49. The van der Waals surface area contributed by atoms with Crippen molar-refractivity contribution in [3.63, 3.8) is 0 Å². The number of hydrogen-bond acceptors (Lipinski definition) is 4. The number of benzene rings is 1. The summed E-state index contributed by atoms with van der Waals surface area (Å²) in [7, 11) is 3.50. The molecule has 0 spiro atoms. The number of hydrogen-bond donors (Lipinski definition) is 1. The number of aliphatic hydroxyl groups excluding tert-OH is 1. The molecule has 98 valence electrons. The van der Waals surface area contributed by atoms with Crippen LogP contribution < -0.4 is 31.2 Å². The maximum atomic E-state index is 10.1. The molecule has 5 nitrogen and oxygen atoms in total. The number of methoxy groups -OCH3 is 1. The number of likely N-dealkylation sites (N-methyl/N-ethyl adjacent to an activating group) is 1. The average Bonchev–Trinajstić information content (AvgIpc) is 2.74. The fourth-order valence-electron chi connectivity index (χ4n) is 2.30. The highest BCUT2D eigenvalue weighted by Gasteiger charge is 2.32. The maximum Gasteiger partial charge on any atom is 0.231 e. The predicted molar refractivity (Wildman–Crippen MR) is 60.3 cm³/mol. The Hall–Kier alpha value is -1.27. The Labute approximate surface area is 115 Å². The SMILES string of the molecule is COc1c2c(cc3c1OCO3)C(O)C[N+](C)=C2.[Br-]. The van der Waals surface area contributed by atoms with Crippen molar-refractivity contribution in [1.29, 1.82) is 0 Å². The van der Waals surface area contributed by atoms with Crippen molar-refractivity contribution < 1.29 is 40.9 Å². The van der Waals surface area contributed by atoms with Crippen molar-refractivity contribution in [2.45, 2.75) is 6.10 Å². The summed E-state index contributed by atoms with van der Waals surface area (Å²) in [6, 6.07) is 1.83. The molecule has 0 saturated carbocycles. The van der Waals surface area contributed by atoms with Crippen LogP contribution in [0.1, 0.15) is 17.2 Å². The number of halogens is 1. The van der Waals surface area contributed by atoms with Gasteiger partial charge in [0.15, 0.2) is 24.3 Å². The third-order valence-electron chi connectivity index (χ3n) is 3.06. The van der Waals surface area contributed by atoms with Crippen LogP contribution >= 0.6 is 0 Å². The van der Waals surface area contributed by atoms with Gasteiger partial charge in [-0.25, -0.2) is 4.58 Å². The Bertz CT molecular complexity index is 515. The van der Waals surface area contributed by atoms with Crippen LogP contribution in [0.3, 0.4) is 0 Å². The van der Waals surface area contributed by atoms with Crippen LogP contribution in [0.25, 0.3) is 0 Å². The second-order valence-corrected chi connectivity index (χ2v) is 4.23. The van der Waals surface area contributed by atoms with E-state index in [0.717, 1.165) is 11.1 Å². The molecule has 1 N–H and O–H groups in total. The van der Waals surface area contributed by atoms with Crippen LogP contribution in [-0.2, 0) is 0 Å². The van der Waals surface area contributed by atoms with Crippen LogP contribution in [0.5, 0.6) is 17.2 Å². The number of aliphatic hydroxyl groups is 1. The highest BCUT2D eigenvalue weighted by atomic mass is 79.9. The second-order valence-electron chi connectivity index (χ2n) is 4.23. The van der Waals surface area contributed by atoms with Crippen LogP contribution in [0.2, 0.25) is 0 Å². The lowest BCUT2D eigenvalue weighted by molar-refractivity contribution is -0.505. The standard InChI is InChI=1S/C12H14NO4.BrH/c1-13-4-8-7(9(14)5-13)3-10-12(11(8)15-2)17-6-16-10;/h3-4,9,14H,5-6H2,1-2H3;1H/q+1;/p-1. The van der Waals surface area contributed by atoms with E-state index in [1.165, 1.54) is 0 Å². The summed E-state index contributed by atoms with van der Waals surface area (Å²) in [5.74, 6) is 1.88. The topological polar surface area (TPSA) is 50.9 Å². The minimum atomic E-state index is -0.539. The minimum Gasteiger partial charge on any atom is -1.00 e. The molecule has 2 aliphatic heterocycles. The molecule has 3 rings (SSSR count). The molecule has 0 amide bonds. The van der Waals surface area contributed by atoms with Crippen molar-refractivity contribution in [2.75, 3.05) is 27.5 Å². The molecule has 0 fully saturated rings. The van der Waals surface area contributed by atoms with Gasteiger partial charge in [0.05, 0.1) is 12.7 Å². The van der Waals surface area contributed by atoms with Crippen molar-refractivity contribution >= 4 is 6.21 Å². The first kappa shape index (κ1) is 13.2. The quantitative estimate of drug-likeness (QED) is 0.584. The summed E-state index contributed by atoms with van der Waals surface area (Å²) in [5, 5.41) is 10.1. The molecule has 1 atom stereocenters. The minimum absolute atomic E-state index is 0. The van der Waals surface area contributed by atoms with E-state index in [-0.39, 0.29) is 23.8 Å². The van der Waals surface area contributed by atoms with Gasteiger partial charge in [0.25, 0.3) is 0 Å². The Morgan fingerprint density at radius 2 is 2.22 bits per heavy atom. The lowest BCUT2D eigenvalue weighted by Gasteiger charge is -2.19. The molecule has 1 unspecified atom stereocenters. The van der Waals surface area contributed by atoms with Crippen LogP contribution in [0.15, 0.2) is 6.07 Å². The highest BCUT2D eigenvalue weighted by molar-refractivity contribution is 5.86. The number of ether oxygens (including phenoxy) is 3. The first-order valence-corrected chi connectivity index (χ1v) is 5.44. The van der Waals surface area contributed by atoms with Gasteiger partial charge in [-0.05, 0) is 6.07 Å². The smallest absolute Gasteiger partial charge is 0.231 e. The summed E-state index contributed by atoms with van der Waals surface area (Å²) in [6.07, 6.45) is 1.41. The van der Waals surface area contributed by atoms with Crippen molar-refractivity contribution in [2.24, 2.45) is 0 Å². The lowest BCUT2D eigenvalue weighted by Crippen LogP contribution is -3.00. The number of β-amino-alcohol motifs (C(OH)–C–C–N with tert-alkyl or cyclic N) is 1. The Morgan fingerprint density at radius 1 is 1.44 bits per heavy atom. The second kappa shape index (κ2) is 4.78.